The molecule has 1 N–H and O–H groups in total. The van der Waals surface area contributed by atoms with Crippen molar-refractivity contribution in [2.24, 2.45) is 0 Å². The van der Waals surface area contributed by atoms with Crippen LogP contribution in [-0.4, -0.2) is 15.1 Å². The van der Waals surface area contributed by atoms with E-state index in [-0.39, 0.29) is 0 Å². The zero-order chi connectivity index (χ0) is 16.4. The smallest absolute Gasteiger partial charge is 0.105 e. The molecular formula is C21H16N2O. The van der Waals surface area contributed by atoms with E-state index in [0.29, 0.717) is 0 Å². The van der Waals surface area contributed by atoms with Crippen LogP contribution in [0.15, 0.2) is 79.4 Å². The minimum atomic E-state index is -0.669. The molecule has 0 spiro atoms. The van der Waals surface area contributed by atoms with Crippen molar-refractivity contribution in [1.29, 1.82) is 0 Å². The Labute approximate surface area is 140 Å². The van der Waals surface area contributed by atoms with Crippen molar-refractivity contribution < 1.29 is 5.11 Å². The lowest BCUT2D eigenvalue weighted by atomic mass is 9.97. The first kappa shape index (κ1) is 14.5. The normalized spacial score (nSPS) is 15.9. The lowest BCUT2D eigenvalue weighted by Crippen LogP contribution is -1.99. The summed E-state index contributed by atoms with van der Waals surface area (Å²) in [6.45, 7) is 0. The van der Waals surface area contributed by atoms with Crippen LogP contribution in [0.3, 0.4) is 0 Å². The zero-order valence-corrected chi connectivity index (χ0v) is 13.0. The molecule has 1 atom stereocenters. The maximum Gasteiger partial charge on any atom is 0.105 e. The highest BCUT2D eigenvalue weighted by molar-refractivity contribution is 6.02. The summed E-state index contributed by atoms with van der Waals surface area (Å²) in [6.07, 6.45) is 10.5. The Balaban J connectivity index is 1.80. The van der Waals surface area contributed by atoms with Crippen molar-refractivity contribution in [3.05, 3.63) is 102 Å². The number of hydrogen-bond acceptors (Lipinski definition) is 3. The summed E-state index contributed by atoms with van der Waals surface area (Å²) in [7, 11) is 0. The van der Waals surface area contributed by atoms with Crippen LogP contribution in [0, 0.1) is 0 Å². The predicted molar refractivity (Wildman–Crippen MR) is 95.7 cm³/mol. The first-order chi connectivity index (χ1) is 11.8. The van der Waals surface area contributed by atoms with Crippen molar-refractivity contribution in [1.82, 2.24) is 9.97 Å². The average molecular weight is 312 g/mol. The minimum Gasteiger partial charge on any atom is -0.384 e. The summed E-state index contributed by atoms with van der Waals surface area (Å²) in [5.41, 5.74) is 6.15. The van der Waals surface area contributed by atoms with Gasteiger partial charge in [0, 0.05) is 24.8 Å². The van der Waals surface area contributed by atoms with E-state index in [0.717, 1.165) is 33.4 Å². The fourth-order valence-corrected chi connectivity index (χ4v) is 3.02. The third kappa shape index (κ3) is 2.66. The van der Waals surface area contributed by atoms with Crippen LogP contribution in [0.4, 0.5) is 0 Å². The van der Waals surface area contributed by atoms with Gasteiger partial charge in [-0.3, -0.25) is 9.97 Å². The lowest BCUT2D eigenvalue weighted by Gasteiger charge is -2.13. The van der Waals surface area contributed by atoms with Crippen LogP contribution in [0.5, 0.6) is 0 Å². The molecule has 4 rings (SSSR count). The monoisotopic (exact) mass is 312 g/mol. The van der Waals surface area contributed by atoms with Gasteiger partial charge in [0.25, 0.3) is 0 Å². The number of hydrogen-bond donors (Lipinski definition) is 1. The van der Waals surface area contributed by atoms with E-state index >= 15 is 0 Å². The van der Waals surface area contributed by atoms with E-state index in [1.165, 1.54) is 0 Å². The third-order valence-electron chi connectivity index (χ3n) is 4.20. The van der Waals surface area contributed by atoms with E-state index in [1.807, 2.05) is 36.4 Å². The molecule has 116 valence electrons. The molecule has 0 saturated carbocycles. The Kier molecular flexibility index (Phi) is 3.77. The predicted octanol–water partition coefficient (Wildman–Crippen LogP) is 4.15. The molecule has 0 bridgehead atoms. The second kappa shape index (κ2) is 6.22. The number of benzene rings is 1. The third-order valence-corrected chi connectivity index (χ3v) is 4.20. The molecule has 0 aliphatic heterocycles. The average Bonchev–Trinajstić information content (AvgIpc) is 3.01. The molecule has 1 aliphatic carbocycles. The van der Waals surface area contributed by atoms with Crippen LogP contribution in [0.2, 0.25) is 0 Å². The lowest BCUT2D eigenvalue weighted by molar-refractivity contribution is 0.238. The van der Waals surface area contributed by atoms with Crippen molar-refractivity contribution in [2.45, 2.75) is 6.10 Å². The second-order valence-corrected chi connectivity index (χ2v) is 5.71. The number of aliphatic hydroxyl groups is 1. The van der Waals surface area contributed by atoms with E-state index in [2.05, 4.69) is 34.3 Å². The molecule has 1 unspecified atom stereocenters. The van der Waals surface area contributed by atoms with Gasteiger partial charge >= 0.3 is 0 Å². The number of rotatable bonds is 3. The van der Waals surface area contributed by atoms with Gasteiger partial charge in [0.05, 0.1) is 0 Å². The molecule has 1 aliphatic rings. The molecule has 0 amide bonds. The standard InChI is InChI=1S/C21H16N2O/c24-21(16-7-11-23-12-8-16)20-14-17(13-15-5-9-22-10-6-15)18-3-1-2-4-19(18)20/h1-14,21,24H/b17-13+. The molecule has 2 aromatic heterocycles. The fraction of sp³-hybridized carbons (Fsp3) is 0.0476. The highest BCUT2D eigenvalue weighted by Crippen LogP contribution is 2.42. The molecule has 1 aromatic carbocycles. The number of aromatic nitrogens is 2. The molecule has 3 aromatic rings. The summed E-state index contributed by atoms with van der Waals surface area (Å²) in [5, 5.41) is 10.8. The van der Waals surface area contributed by atoms with Crippen LogP contribution < -0.4 is 0 Å². The van der Waals surface area contributed by atoms with E-state index < -0.39 is 6.10 Å². The Hall–Kier alpha value is -3.04. The van der Waals surface area contributed by atoms with Gasteiger partial charge in [-0.2, -0.15) is 0 Å². The van der Waals surface area contributed by atoms with Crippen molar-refractivity contribution in [3.63, 3.8) is 0 Å². The summed E-state index contributed by atoms with van der Waals surface area (Å²) in [5.74, 6) is 0. The topological polar surface area (TPSA) is 46.0 Å². The number of fused-ring (bicyclic) bond motifs is 1. The number of aliphatic hydroxyl groups excluding tert-OH is 1. The van der Waals surface area contributed by atoms with Gasteiger partial charge < -0.3 is 5.11 Å². The first-order valence-corrected chi connectivity index (χ1v) is 7.84. The van der Waals surface area contributed by atoms with Crippen LogP contribution in [-0.2, 0) is 0 Å². The van der Waals surface area contributed by atoms with Crippen molar-refractivity contribution in [2.75, 3.05) is 0 Å². The largest absolute Gasteiger partial charge is 0.384 e. The number of pyridine rings is 2. The molecule has 0 radical (unpaired) electrons. The first-order valence-electron chi connectivity index (χ1n) is 7.84. The molecule has 2 heterocycles. The van der Waals surface area contributed by atoms with E-state index in [9.17, 15) is 5.11 Å². The molecular weight excluding hydrogens is 296 g/mol. The number of allylic oxidation sites excluding steroid dienone is 2. The van der Waals surface area contributed by atoms with Crippen LogP contribution >= 0.6 is 0 Å². The van der Waals surface area contributed by atoms with Gasteiger partial charge in [0.15, 0.2) is 0 Å². The highest BCUT2D eigenvalue weighted by atomic mass is 16.3. The van der Waals surface area contributed by atoms with Gasteiger partial charge in [-0.05, 0) is 69.8 Å². The summed E-state index contributed by atoms with van der Waals surface area (Å²) >= 11 is 0. The van der Waals surface area contributed by atoms with E-state index in [1.54, 1.807) is 24.8 Å². The van der Waals surface area contributed by atoms with Gasteiger partial charge in [-0.15, -0.1) is 0 Å². The maximum absolute atomic E-state index is 10.8. The molecule has 0 saturated heterocycles. The van der Waals surface area contributed by atoms with E-state index in [4.69, 9.17) is 0 Å². The Bertz CT molecular complexity index is 915. The van der Waals surface area contributed by atoms with Gasteiger partial charge in [-0.25, -0.2) is 0 Å². The quantitative estimate of drug-likeness (QED) is 0.790. The van der Waals surface area contributed by atoms with Crippen molar-refractivity contribution in [3.8, 4) is 0 Å². The Morgan fingerprint density at radius 2 is 1.42 bits per heavy atom. The van der Waals surface area contributed by atoms with Gasteiger partial charge in [0.2, 0.25) is 0 Å². The van der Waals surface area contributed by atoms with Gasteiger partial charge in [-0.1, -0.05) is 24.3 Å². The van der Waals surface area contributed by atoms with Crippen LogP contribution in [0.25, 0.3) is 17.2 Å². The molecule has 3 heteroatoms. The van der Waals surface area contributed by atoms with Gasteiger partial charge in [0.1, 0.15) is 6.10 Å². The molecule has 24 heavy (non-hydrogen) atoms. The van der Waals surface area contributed by atoms with Crippen molar-refractivity contribution >= 4 is 17.2 Å². The SMILES string of the molecule is OC(C1=C/C(=C\c2ccncc2)c2ccccc21)c1ccncc1. The fourth-order valence-electron chi connectivity index (χ4n) is 3.02. The minimum absolute atomic E-state index is 0.669. The Morgan fingerprint density at radius 1 is 0.792 bits per heavy atom. The van der Waals surface area contributed by atoms with Crippen LogP contribution in [0.1, 0.15) is 28.4 Å². The molecule has 0 fully saturated rings. The highest BCUT2D eigenvalue weighted by Gasteiger charge is 2.24. The Morgan fingerprint density at radius 3 is 2.12 bits per heavy atom. The maximum atomic E-state index is 10.8. The summed E-state index contributed by atoms with van der Waals surface area (Å²) in [6, 6.07) is 15.8. The second-order valence-electron chi connectivity index (χ2n) is 5.71. The number of nitrogens with zero attached hydrogens (tertiary/aromatic N) is 2. The zero-order valence-electron chi connectivity index (χ0n) is 13.0. The summed E-state index contributed by atoms with van der Waals surface area (Å²) < 4.78 is 0. The molecule has 3 nitrogen and oxygen atoms in total. The summed E-state index contributed by atoms with van der Waals surface area (Å²) in [4.78, 5) is 8.08.